The number of halogens is 1. The second-order valence-corrected chi connectivity index (χ2v) is 3.55. The molecule has 1 heterocycles. The van der Waals surface area contributed by atoms with Gasteiger partial charge in [0.1, 0.15) is 0 Å². The molecule has 0 atom stereocenters. The summed E-state index contributed by atoms with van der Waals surface area (Å²) in [6.45, 7) is 0. The van der Waals surface area contributed by atoms with Crippen molar-refractivity contribution in [2.45, 2.75) is 0 Å². The first-order valence-corrected chi connectivity index (χ1v) is 4.92. The fraction of sp³-hybridized carbons (Fsp3) is 0. The maximum Gasteiger partial charge on any atom is 0.365 e. The number of hydrogen-bond donors (Lipinski definition) is 0. The SMILES string of the molecule is O=[N+]([O-])c1cc(-c2ccccc2)cc(Cl)n1. The van der Waals surface area contributed by atoms with Crippen LogP contribution in [0.4, 0.5) is 5.82 Å². The lowest BCUT2D eigenvalue weighted by molar-refractivity contribution is -0.389. The van der Waals surface area contributed by atoms with Gasteiger partial charge in [-0.2, -0.15) is 0 Å². The maximum absolute atomic E-state index is 10.6. The smallest absolute Gasteiger partial charge is 0.358 e. The highest BCUT2D eigenvalue weighted by Crippen LogP contribution is 2.25. The van der Waals surface area contributed by atoms with Gasteiger partial charge in [0.2, 0.25) is 5.15 Å². The molecule has 16 heavy (non-hydrogen) atoms. The van der Waals surface area contributed by atoms with Crippen molar-refractivity contribution in [2.24, 2.45) is 0 Å². The molecule has 2 rings (SSSR count). The number of aromatic nitrogens is 1. The van der Waals surface area contributed by atoms with E-state index in [0.29, 0.717) is 5.56 Å². The Hall–Kier alpha value is -1.94. The van der Waals surface area contributed by atoms with Gasteiger partial charge in [-0.15, -0.1) is 0 Å². The van der Waals surface area contributed by atoms with Crippen LogP contribution in [0.15, 0.2) is 42.5 Å². The van der Waals surface area contributed by atoms with E-state index in [1.165, 1.54) is 6.07 Å². The molecule has 0 spiro atoms. The number of hydrogen-bond acceptors (Lipinski definition) is 3. The highest BCUT2D eigenvalue weighted by atomic mass is 35.5. The molecule has 0 saturated heterocycles. The molecule has 0 bridgehead atoms. The van der Waals surface area contributed by atoms with Crippen LogP contribution in [0.3, 0.4) is 0 Å². The first-order valence-electron chi connectivity index (χ1n) is 4.54. The standard InChI is InChI=1S/C11H7ClN2O2/c12-10-6-9(7-11(13-10)14(15)16)8-4-2-1-3-5-8/h1-7H. The molecule has 2 aromatic rings. The van der Waals surface area contributed by atoms with Crippen LogP contribution in [-0.4, -0.2) is 9.91 Å². The number of benzene rings is 1. The summed E-state index contributed by atoms with van der Waals surface area (Å²) >= 11 is 5.73. The normalized spacial score (nSPS) is 10.1. The average molecular weight is 235 g/mol. The van der Waals surface area contributed by atoms with E-state index in [0.717, 1.165) is 5.56 Å². The summed E-state index contributed by atoms with van der Waals surface area (Å²) in [7, 11) is 0. The van der Waals surface area contributed by atoms with Gasteiger partial charge in [-0.25, -0.2) is 0 Å². The molecule has 0 saturated carbocycles. The molecule has 1 aromatic carbocycles. The van der Waals surface area contributed by atoms with Crippen molar-refractivity contribution >= 4 is 17.4 Å². The Morgan fingerprint density at radius 1 is 1.12 bits per heavy atom. The Morgan fingerprint density at radius 3 is 2.44 bits per heavy atom. The zero-order valence-corrected chi connectivity index (χ0v) is 8.89. The zero-order chi connectivity index (χ0) is 11.5. The number of nitro groups is 1. The van der Waals surface area contributed by atoms with Crippen molar-refractivity contribution in [3.63, 3.8) is 0 Å². The van der Waals surface area contributed by atoms with Gasteiger partial charge >= 0.3 is 5.82 Å². The number of rotatable bonds is 2. The summed E-state index contributed by atoms with van der Waals surface area (Å²) < 4.78 is 0. The minimum absolute atomic E-state index is 0.119. The summed E-state index contributed by atoms with van der Waals surface area (Å²) in [5.41, 5.74) is 1.56. The summed E-state index contributed by atoms with van der Waals surface area (Å²) in [6, 6.07) is 12.3. The van der Waals surface area contributed by atoms with Gasteiger partial charge in [-0.1, -0.05) is 30.3 Å². The Kier molecular flexibility index (Phi) is 2.83. The molecule has 0 aliphatic carbocycles. The Morgan fingerprint density at radius 2 is 1.81 bits per heavy atom. The lowest BCUT2D eigenvalue weighted by Gasteiger charge is -2.00. The monoisotopic (exact) mass is 234 g/mol. The summed E-state index contributed by atoms with van der Waals surface area (Å²) in [4.78, 5) is 13.7. The number of pyridine rings is 1. The first-order chi connectivity index (χ1) is 7.66. The fourth-order valence-electron chi connectivity index (χ4n) is 1.37. The van der Waals surface area contributed by atoms with E-state index >= 15 is 0 Å². The molecule has 5 heteroatoms. The van der Waals surface area contributed by atoms with E-state index in [1.54, 1.807) is 6.07 Å². The molecule has 0 fully saturated rings. The molecule has 1 aromatic heterocycles. The number of nitrogens with zero attached hydrogens (tertiary/aromatic N) is 2. The van der Waals surface area contributed by atoms with Gasteiger partial charge in [0.15, 0.2) is 0 Å². The van der Waals surface area contributed by atoms with Crippen LogP contribution in [0.25, 0.3) is 11.1 Å². The van der Waals surface area contributed by atoms with Crippen molar-refractivity contribution in [1.82, 2.24) is 4.98 Å². The van der Waals surface area contributed by atoms with E-state index in [9.17, 15) is 10.1 Å². The fourth-order valence-corrected chi connectivity index (χ4v) is 1.58. The van der Waals surface area contributed by atoms with Gasteiger partial charge in [0.05, 0.1) is 0 Å². The van der Waals surface area contributed by atoms with Gasteiger partial charge in [0.25, 0.3) is 0 Å². The van der Waals surface area contributed by atoms with Crippen molar-refractivity contribution in [3.8, 4) is 11.1 Å². The lowest BCUT2D eigenvalue weighted by Crippen LogP contribution is -1.93. The van der Waals surface area contributed by atoms with Crippen LogP contribution in [0.2, 0.25) is 5.15 Å². The second-order valence-electron chi connectivity index (χ2n) is 3.16. The van der Waals surface area contributed by atoms with Crippen molar-refractivity contribution < 1.29 is 4.92 Å². The van der Waals surface area contributed by atoms with Crippen LogP contribution in [0, 0.1) is 10.1 Å². The molecule has 0 amide bonds. The van der Waals surface area contributed by atoms with Crippen LogP contribution >= 0.6 is 11.6 Å². The molecular formula is C11H7ClN2O2. The quantitative estimate of drug-likeness (QED) is 0.455. The predicted molar refractivity (Wildman–Crippen MR) is 61.3 cm³/mol. The lowest BCUT2D eigenvalue weighted by atomic mass is 10.1. The predicted octanol–water partition coefficient (Wildman–Crippen LogP) is 3.31. The molecule has 0 radical (unpaired) electrons. The molecular weight excluding hydrogens is 228 g/mol. The van der Waals surface area contributed by atoms with E-state index in [1.807, 2.05) is 30.3 Å². The summed E-state index contributed by atoms with van der Waals surface area (Å²) in [5, 5.41) is 10.7. The second kappa shape index (κ2) is 4.28. The van der Waals surface area contributed by atoms with Crippen molar-refractivity contribution in [3.05, 3.63) is 57.7 Å². The van der Waals surface area contributed by atoms with Crippen LogP contribution in [-0.2, 0) is 0 Å². The first kappa shape index (κ1) is 10.6. The average Bonchev–Trinajstić information content (AvgIpc) is 2.29. The molecule has 80 valence electrons. The molecule has 4 nitrogen and oxygen atoms in total. The molecule has 0 aliphatic rings. The van der Waals surface area contributed by atoms with Gasteiger partial charge in [0, 0.05) is 12.1 Å². The van der Waals surface area contributed by atoms with Crippen LogP contribution in [0.5, 0.6) is 0 Å². The topological polar surface area (TPSA) is 56.0 Å². The van der Waals surface area contributed by atoms with Gasteiger partial charge in [-0.3, -0.25) is 0 Å². The minimum atomic E-state index is -0.557. The van der Waals surface area contributed by atoms with E-state index in [2.05, 4.69) is 4.98 Å². The third kappa shape index (κ3) is 2.17. The minimum Gasteiger partial charge on any atom is -0.358 e. The van der Waals surface area contributed by atoms with Crippen LogP contribution < -0.4 is 0 Å². The van der Waals surface area contributed by atoms with E-state index in [4.69, 9.17) is 11.6 Å². The highest BCUT2D eigenvalue weighted by molar-refractivity contribution is 6.29. The van der Waals surface area contributed by atoms with Crippen molar-refractivity contribution in [2.75, 3.05) is 0 Å². The summed E-state index contributed by atoms with van der Waals surface area (Å²) in [6.07, 6.45) is 0. The van der Waals surface area contributed by atoms with E-state index < -0.39 is 4.92 Å². The van der Waals surface area contributed by atoms with Crippen molar-refractivity contribution in [1.29, 1.82) is 0 Å². The Balaban J connectivity index is 2.54. The van der Waals surface area contributed by atoms with Gasteiger partial charge < -0.3 is 10.1 Å². The van der Waals surface area contributed by atoms with Crippen LogP contribution in [0.1, 0.15) is 0 Å². The molecule has 0 aliphatic heterocycles. The maximum atomic E-state index is 10.6. The largest absolute Gasteiger partial charge is 0.365 e. The Bertz CT molecular complexity index is 529. The molecule has 0 N–H and O–H groups in total. The summed E-state index contributed by atoms with van der Waals surface area (Å²) in [5.74, 6) is -0.244. The Labute approximate surface area is 96.7 Å². The third-order valence-electron chi connectivity index (χ3n) is 2.07. The third-order valence-corrected chi connectivity index (χ3v) is 2.27. The zero-order valence-electron chi connectivity index (χ0n) is 8.13. The van der Waals surface area contributed by atoms with Gasteiger partial charge in [-0.05, 0) is 32.6 Å². The van der Waals surface area contributed by atoms with E-state index in [-0.39, 0.29) is 11.0 Å². The molecule has 0 unspecified atom stereocenters. The highest BCUT2D eigenvalue weighted by Gasteiger charge is 2.12.